The molecule has 0 aliphatic carbocycles. The van der Waals surface area contributed by atoms with Crippen LogP contribution in [-0.4, -0.2) is 28.9 Å². The molecule has 14 heavy (non-hydrogen) atoms. The van der Waals surface area contributed by atoms with E-state index in [4.69, 9.17) is 9.84 Å². The van der Waals surface area contributed by atoms with Crippen molar-refractivity contribution in [3.8, 4) is 5.75 Å². The maximum absolute atomic E-state index is 9.19. The number of ether oxygens (including phenoxy) is 1. The molecule has 0 radical (unpaired) electrons. The fraction of sp³-hybridized carbons (Fsp3) is 0.500. The van der Waals surface area contributed by atoms with Crippen LogP contribution in [0.2, 0.25) is 0 Å². The summed E-state index contributed by atoms with van der Waals surface area (Å²) in [5.41, 5.74) is 2.30. The molecule has 2 N–H and O–H groups in total. The van der Waals surface area contributed by atoms with Crippen LogP contribution in [0.3, 0.4) is 0 Å². The minimum absolute atomic E-state index is 0.0426. The van der Waals surface area contributed by atoms with Gasteiger partial charge >= 0.3 is 0 Å². The van der Waals surface area contributed by atoms with Crippen LogP contribution in [-0.2, 0) is 13.0 Å². The summed E-state index contributed by atoms with van der Waals surface area (Å²) in [7, 11) is 1.55. The molecule has 1 aromatic heterocycles. The first-order valence-electron chi connectivity index (χ1n) is 4.47. The molecule has 0 aliphatic heterocycles. The molecule has 0 saturated carbocycles. The zero-order valence-electron chi connectivity index (χ0n) is 8.45. The third kappa shape index (κ3) is 2.02. The average Bonchev–Trinajstić information content (AvgIpc) is 2.20. The van der Waals surface area contributed by atoms with Gasteiger partial charge in [-0.25, -0.2) is 0 Å². The highest BCUT2D eigenvalue weighted by Crippen LogP contribution is 2.24. The smallest absolute Gasteiger partial charge is 0.145 e. The Balaban J connectivity index is 3.18. The monoisotopic (exact) mass is 197 g/mol. The lowest BCUT2D eigenvalue weighted by atomic mass is 10.1. The summed E-state index contributed by atoms with van der Waals surface area (Å²) in [6, 6.07) is 0. The van der Waals surface area contributed by atoms with Gasteiger partial charge in [0.25, 0.3) is 0 Å². The summed E-state index contributed by atoms with van der Waals surface area (Å²) in [6.07, 6.45) is 2.15. The van der Waals surface area contributed by atoms with Gasteiger partial charge in [-0.15, -0.1) is 0 Å². The van der Waals surface area contributed by atoms with Crippen molar-refractivity contribution in [2.24, 2.45) is 0 Å². The summed E-state index contributed by atoms with van der Waals surface area (Å²) in [4.78, 5) is 4.13. The van der Waals surface area contributed by atoms with Crippen molar-refractivity contribution in [3.63, 3.8) is 0 Å². The molecule has 0 aliphatic rings. The normalized spacial score (nSPS) is 10.3. The van der Waals surface area contributed by atoms with Crippen molar-refractivity contribution in [1.29, 1.82) is 0 Å². The number of pyridine rings is 1. The van der Waals surface area contributed by atoms with E-state index in [9.17, 15) is 5.11 Å². The van der Waals surface area contributed by atoms with Crippen LogP contribution in [0, 0.1) is 6.92 Å². The molecule has 0 atom stereocenters. The Bertz CT molecular complexity index is 312. The number of aliphatic hydroxyl groups is 2. The molecule has 1 heterocycles. The quantitative estimate of drug-likeness (QED) is 0.734. The van der Waals surface area contributed by atoms with E-state index in [1.54, 1.807) is 13.3 Å². The van der Waals surface area contributed by atoms with Gasteiger partial charge in [0.05, 0.1) is 19.4 Å². The third-order valence-corrected chi connectivity index (χ3v) is 2.15. The van der Waals surface area contributed by atoms with Crippen LogP contribution < -0.4 is 4.74 Å². The predicted molar refractivity (Wildman–Crippen MR) is 52.2 cm³/mol. The maximum atomic E-state index is 9.19. The number of nitrogens with zero attached hydrogens (tertiary/aromatic N) is 1. The van der Waals surface area contributed by atoms with Gasteiger partial charge in [0.15, 0.2) is 0 Å². The molecular weight excluding hydrogens is 182 g/mol. The average molecular weight is 197 g/mol. The Morgan fingerprint density at radius 2 is 2.14 bits per heavy atom. The number of hydrogen-bond acceptors (Lipinski definition) is 4. The molecule has 0 spiro atoms. The molecule has 0 fully saturated rings. The molecular formula is C10H15NO3. The SMILES string of the molecule is COc1c(C)ncc(CCO)c1CO. The second-order valence-electron chi connectivity index (χ2n) is 3.01. The second-order valence-corrected chi connectivity index (χ2v) is 3.01. The molecule has 0 aromatic carbocycles. The van der Waals surface area contributed by atoms with Gasteiger partial charge < -0.3 is 14.9 Å². The number of aliphatic hydroxyl groups excluding tert-OH is 2. The number of aryl methyl sites for hydroxylation is 1. The lowest BCUT2D eigenvalue weighted by molar-refractivity contribution is 0.267. The van der Waals surface area contributed by atoms with E-state index in [0.717, 1.165) is 11.3 Å². The summed E-state index contributed by atoms with van der Waals surface area (Å²) in [6.45, 7) is 1.77. The zero-order valence-corrected chi connectivity index (χ0v) is 8.45. The molecule has 78 valence electrons. The lowest BCUT2D eigenvalue weighted by Gasteiger charge is -2.12. The van der Waals surface area contributed by atoms with Crippen molar-refractivity contribution < 1.29 is 14.9 Å². The predicted octanol–water partition coefficient (Wildman–Crippen LogP) is 0.426. The maximum Gasteiger partial charge on any atom is 0.145 e. The standard InChI is InChI=1S/C10H15NO3/c1-7-10(14-2)9(6-13)8(3-4-12)5-11-7/h5,12-13H,3-4,6H2,1-2H3. The third-order valence-electron chi connectivity index (χ3n) is 2.15. The summed E-state index contributed by atoms with van der Waals surface area (Å²) < 4.78 is 5.15. The van der Waals surface area contributed by atoms with E-state index in [2.05, 4.69) is 4.98 Å². The number of hydrogen-bond donors (Lipinski definition) is 2. The number of aromatic nitrogens is 1. The first-order chi connectivity index (χ1) is 6.74. The Kier molecular flexibility index (Phi) is 3.85. The van der Waals surface area contributed by atoms with Crippen molar-refractivity contribution in [3.05, 3.63) is 23.0 Å². The second kappa shape index (κ2) is 4.93. The van der Waals surface area contributed by atoms with Crippen LogP contribution in [0.15, 0.2) is 6.20 Å². The van der Waals surface area contributed by atoms with Gasteiger partial charge in [-0.3, -0.25) is 4.98 Å². The van der Waals surface area contributed by atoms with Gasteiger partial charge in [-0.05, 0) is 18.9 Å². The van der Waals surface area contributed by atoms with E-state index in [0.29, 0.717) is 17.7 Å². The molecule has 0 saturated heterocycles. The Morgan fingerprint density at radius 3 is 2.64 bits per heavy atom. The van der Waals surface area contributed by atoms with E-state index in [1.165, 1.54) is 0 Å². The molecule has 1 rings (SSSR count). The Morgan fingerprint density at radius 1 is 1.43 bits per heavy atom. The first kappa shape index (κ1) is 10.9. The minimum Gasteiger partial charge on any atom is -0.494 e. The number of methoxy groups -OCH3 is 1. The highest BCUT2D eigenvalue weighted by Gasteiger charge is 2.11. The van der Waals surface area contributed by atoms with E-state index in [1.807, 2.05) is 6.92 Å². The highest BCUT2D eigenvalue weighted by molar-refractivity contribution is 5.41. The topological polar surface area (TPSA) is 62.6 Å². The fourth-order valence-corrected chi connectivity index (χ4v) is 1.46. The van der Waals surface area contributed by atoms with Crippen LogP contribution >= 0.6 is 0 Å². The fourth-order valence-electron chi connectivity index (χ4n) is 1.46. The van der Waals surface area contributed by atoms with E-state index in [-0.39, 0.29) is 13.2 Å². The number of rotatable bonds is 4. The molecule has 1 aromatic rings. The largest absolute Gasteiger partial charge is 0.494 e. The van der Waals surface area contributed by atoms with Gasteiger partial charge in [-0.1, -0.05) is 0 Å². The Hall–Kier alpha value is -1.13. The zero-order chi connectivity index (χ0) is 10.6. The lowest BCUT2D eigenvalue weighted by Crippen LogP contribution is -2.04. The van der Waals surface area contributed by atoms with Crippen molar-refractivity contribution in [2.75, 3.05) is 13.7 Å². The van der Waals surface area contributed by atoms with E-state index < -0.39 is 0 Å². The minimum atomic E-state index is -0.0954. The molecule has 0 unspecified atom stereocenters. The van der Waals surface area contributed by atoms with Gasteiger partial charge in [0.2, 0.25) is 0 Å². The van der Waals surface area contributed by atoms with E-state index >= 15 is 0 Å². The van der Waals surface area contributed by atoms with Crippen molar-refractivity contribution >= 4 is 0 Å². The van der Waals surface area contributed by atoms with Crippen molar-refractivity contribution in [1.82, 2.24) is 4.98 Å². The van der Waals surface area contributed by atoms with Gasteiger partial charge in [0.1, 0.15) is 5.75 Å². The van der Waals surface area contributed by atoms with Crippen LogP contribution in [0.1, 0.15) is 16.8 Å². The highest BCUT2D eigenvalue weighted by atomic mass is 16.5. The van der Waals surface area contributed by atoms with Gasteiger partial charge in [-0.2, -0.15) is 0 Å². The molecule has 4 heteroatoms. The first-order valence-corrected chi connectivity index (χ1v) is 4.47. The van der Waals surface area contributed by atoms with Crippen molar-refractivity contribution in [2.45, 2.75) is 20.0 Å². The summed E-state index contributed by atoms with van der Waals surface area (Å²) in [5, 5.41) is 18.0. The Labute approximate surface area is 83.2 Å². The van der Waals surface area contributed by atoms with Crippen LogP contribution in [0.4, 0.5) is 0 Å². The summed E-state index contributed by atoms with van der Waals surface area (Å²) in [5.74, 6) is 0.610. The van der Waals surface area contributed by atoms with Gasteiger partial charge in [0, 0.05) is 18.4 Å². The molecule has 4 nitrogen and oxygen atoms in total. The van der Waals surface area contributed by atoms with Crippen LogP contribution in [0.25, 0.3) is 0 Å². The summed E-state index contributed by atoms with van der Waals surface area (Å²) >= 11 is 0. The molecule has 0 bridgehead atoms. The molecule has 0 amide bonds. The van der Waals surface area contributed by atoms with Crippen LogP contribution in [0.5, 0.6) is 5.75 Å².